The van der Waals surface area contributed by atoms with E-state index in [-0.39, 0.29) is 12.3 Å². The molecule has 0 N–H and O–H groups in total. The predicted molar refractivity (Wildman–Crippen MR) is 66.0 cm³/mol. The minimum atomic E-state index is -4.94. The molecule has 0 unspecified atom stereocenters. The fourth-order valence-corrected chi connectivity index (χ4v) is 1.77. The van der Waals surface area contributed by atoms with Crippen LogP contribution in [0.1, 0.15) is 29.5 Å². The first-order valence-electron chi connectivity index (χ1n) is 6.71. The van der Waals surface area contributed by atoms with Crippen LogP contribution in [0.25, 0.3) is 0 Å². The van der Waals surface area contributed by atoms with Gasteiger partial charge in [0.1, 0.15) is 0 Å². The number of ketones is 1. The summed E-state index contributed by atoms with van der Waals surface area (Å²) in [5, 5.41) is 8.51. The van der Waals surface area contributed by atoms with Crippen LogP contribution in [0.4, 0.5) is 0 Å². The number of carbonyl (C=O) groups is 1. The lowest BCUT2D eigenvalue weighted by atomic mass is 10.1. The lowest BCUT2D eigenvalue weighted by molar-refractivity contribution is -2.00. The fourth-order valence-electron chi connectivity index (χ4n) is 1.77. The molecule has 0 saturated carbocycles. The van der Waals surface area contributed by atoms with Gasteiger partial charge >= 0.3 is 0 Å². The summed E-state index contributed by atoms with van der Waals surface area (Å²) in [5.74, 6) is 0.924. The van der Waals surface area contributed by atoms with Crippen molar-refractivity contribution in [3.05, 3.63) is 41.7 Å². The molecule has 0 spiro atoms. The summed E-state index contributed by atoms with van der Waals surface area (Å²) >= 11 is 0. The van der Waals surface area contributed by atoms with Crippen molar-refractivity contribution in [2.75, 3.05) is 0 Å². The van der Waals surface area contributed by atoms with Crippen molar-refractivity contribution in [2.24, 2.45) is 7.05 Å². The number of rotatable bonds is 5. The SMILES string of the molecule is CCCc1nn(CC(=O)c2ccccc2)n[n+]1C.[O-][Cl+3]([O-])([O-])[O-]. The van der Waals surface area contributed by atoms with Crippen LogP contribution in [0.5, 0.6) is 0 Å². The van der Waals surface area contributed by atoms with Crippen molar-refractivity contribution in [1.82, 2.24) is 15.1 Å². The molecule has 10 heteroatoms. The van der Waals surface area contributed by atoms with Crippen LogP contribution in [0.15, 0.2) is 30.3 Å². The second kappa shape index (κ2) is 8.65. The van der Waals surface area contributed by atoms with Gasteiger partial charge in [-0.1, -0.05) is 37.3 Å². The number of benzene rings is 1. The molecular weight excluding hydrogens is 328 g/mol. The van der Waals surface area contributed by atoms with E-state index in [0.29, 0.717) is 5.56 Å². The third-order valence-corrected chi connectivity index (χ3v) is 2.70. The molecule has 1 aromatic heterocycles. The Balaban J connectivity index is 0.000000463. The Morgan fingerprint density at radius 3 is 2.30 bits per heavy atom. The highest BCUT2D eigenvalue weighted by Gasteiger charge is 2.18. The molecule has 1 heterocycles. The first kappa shape index (κ1) is 19.1. The van der Waals surface area contributed by atoms with E-state index >= 15 is 0 Å². The molecule has 2 rings (SSSR count). The smallest absolute Gasteiger partial charge is 0.290 e. The quantitative estimate of drug-likeness (QED) is 0.399. The predicted octanol–water partition coefficient (Wildman–Crippen LogP) is -3.82. The van der Waals surface area contributed by atoms with E-state index in [1.165, 1.54) is 4.80 Å². The Morgan fingerprint density at radius 1 is 1.22 bits per heavy atom. The average Bonchev–Trinajstić information content (AvgIpc) is 2.78. The maximum atomic E-state index is 12.0. The molecule has 126 valence electrons. The lowest BCUT2D eigenvalue weighted by Crippen LogP contribution is -2.68. The Hall–Kier alpha value is -1.91. The largest absolute Gasteiger partial charge is 0.298 e. The van der Waals surface area contributed by atoms with Gasteiger partial charge in [-0.25, -0.2) is 18.6 Å². The van der Waals surface area contributed by atoms with Gasteiger partial charge in [-0.3, -0.25) is 4.79 Å². The van der Waals surface area contributed by atoms with Crippen LogP contribution in [-0.2, 0) is 20.0 Å². The number of hydrogen-bond donors (Lipinski definition) is 0. The molecule has 0 radical (unpaired) electrons. The molecule has 1 aromatic carbocycles. The van der Waals surface area contributed by atoms with Crippen LogP contribution in [0.2, 0.25) is 0 Å². The van der Waals surface area contributed by atoms with E-state index in [1.54, 1.807) is 16.8 Å². The third kappa shape index (κ3) is 7.77. The van der Waals surface area contributed by atoms with Gasteiger partial charge in [0.2, 0.25) is 5.78 Å². The Bertz CT molecular complexity index is 621. The number of tetrazole rings is 1. The monoisotopic (exact) mass is 344 g/mol. The van der Waals surface area contributed by atoms with Gasteiger partial charge in [0.25, 0.3) is 5.82 Å². The van der Waals surface area contributed by atoms with E-state index in [2.05, 4.69) is 17.2 Å². The van der Waals surface area contributed by atoms with E-state index in [1.807, 2.05) is 25.2 Å². The summed E-state index contributed by atoms with van der Waals surface area (Å²) in [6.45, 7) is 2.27. The molecule has 0 aliphatic carbocycles. The first-order chi connectivity index (χ1) is 10.7. The molecule has 9 nitrogen and oxygen atoms in total. The number of aromatic nitrogens is 4. The molecule has 0 saturated heterocycles. The number of Topliss-reactive ketones (excluding diaryl/α,β-unsaturated/α-hetero) is 1. The standard InChI is InChI=1S/C13H17N4O.ClHO4/c1-3-7-13-14-17(15-16(13)2)10-12(18)11-8-5-4-6-9-11;2-1(3,4)5/h4-6,8-9H,3,7,10H2,1-2H3;(H,2,3,4,5)/q+1;/p-1. The highest BCUT2D eigenvalue weighted by atomic mass is 35.7. The molecule has 0 aliphatic rings. The van der Waals surface area contributed by atoms with Gasteiger partial charge in [-0.05, 0) is 11.2 Å². The summed E-state index contributed by atoms with van der Waals surface area (Å²) in [6, 6.07) is 9.21. The van der Waals surface area contributed by atoms with E-state index in [9.17, 15) is 4.79 Å². The minimum Gasteiger partial charge on any atom is -0.290 e. The van der Waals surface area contributed by atoms with Crippen LogP contribution in [0.3, 0.4) is 0 Å². The van der Waals surface area contributed by atoms with Gasteiger partial charge in [0.15, 0.2) is 6.54 Å². The molecule has 2 aromatic rings. The average molecular weight is 345 g/mol. The second-order valence-corrected chi connectivity index (χ2v) is 5.33. The van der Waals surface area contributed by atoms with Crippen molar-refractivity contribution < 1.29 is 38.4 Å². The van der Waals surface area contributed by atoms with Gasteiger partial charge in [0, 0.05) is 12.0 Å². The van der Waals surface area contributed by atoms with E-state index in [4.69, 9.17) is 18.6 Å². The first-order valence-corrected chi connectivity index (χ1v) is 7.94. The molecule has 0 aliphatic heterocycles. The topological polar surface area (TPSA) is 144 Å². The molecule has 0 atom stereocenters. The zero-order valence-corrected chi connectivity index (χ0v) is 13.5. The molecular formula is C13H17ClN4O5. The second-order valence-electron chi connectivity index (χ2n) is 4.58. The Kier molecular flexibility index (Phi) is 7.20. The maximum Gasteiger partial charge on any atom is 0.298 e. The van der Waals surface area contributed by atoms with Crippen molar-refractivity contribution in [3.63, 3.8) is 0 Å². The summed E-state index contributed by atoms with van der Waals surface area (Å²) in [6.07, 6.45) is 1.88. The van der Waals surface area contributed by atoms with Gasteiger partial charge in [-0.15, -0.1) is 14.9 Å². The van der Waals surface area contributed by atoms with Gasteiger partial charge in [-0.2, -0.15) is 0 Å². The normalized spacial score (nSPS) is 10.9. The minimum absolute atomic E-state index is 0.0225. The highest BCUT2D eigenvalue weighted by molar-refractivity contribution is 5.95. The summed E-state index contributed by atoms with van der Waals surface area (Å²) < 4.78 is 35.7. The highest BCUT2D eigenvalue weighted by Crippen LogP contribution is 2.01. The zero-order valence-electron chi connectivity index (χ0n) is 12.7. The zero-order chi connectivity index (χ0) is 17.5. The molecule has 0 fully saturated rings. The maximum absolute atomic E-state index is 12.0. The van der Waals surface area contributed by atoms with Gasteiger partial charge < -0.3 is 0 Å². The number of aryl methyl sites for hydroxylation is 2. The Morgan fingerprint density at radius 2 is 1.78 bits per heavy atom. The number of nitrogens with zero attached hydrogens (tertiary/aromatic N) is 4. The third-order valence-electron chi connectivity index (χ3n) is 2.70. The van der Waals surface area contributed by atoms with Crippen LogP contribution < -0.4 is 23.3 Å². The number of hydrogen-bond acceptors (Lipinski definition) is 7. The summed E-state index contributed by atoms with van der Waals surface area (Å²) in [4.78, 5) is 13.4. The van der Waals surface area contributed by atoms with Crippen molar-refractivity contribution in [2.45, 2.75) is 26.3 Å². The van der Waals surface area contributed by atoms with Crippen molar-refractivity contribution in [3.8, 4) is 0 Å². The van der Waals surface area contributed by atoms with E-state index in [0.717, 1.165) is 18.7 Å². The van der Waals surface area contributed by atoms with Crippen LogP contribution in [0, 0.1) is 10.2 Å². The fraction of sp³-hybridized carbons (Fsp3) is 0.385. The number of carbonyl (C=O) groups excluding carboxylic acids is 1. The van der Waals surface area contributed by atoms with Crippen molar-refractivity contribution in [1.29, 1.82) is 0 Å². The van der Waals surface area contributed by atoms with Gasteiger partial charge in [0.05, 0.1) is 17.4 Å². The lowest BCUT2D eigenvalue weighted by Gasteiger charge is -2.17. The Labute approximate surface area is 135 Å². The van der Waals surface area contributed by atoms with Crippen molar-refractivity contribution >= 4 is 5.78 Å². The van der Waals surface area contributed by atoms with E-state index < -0.39 is 10.2 Å². The summed E-state index contributed by atoms with van der Waals surface area (Å²) in [7, 11) is -3.10. The molecule has 0 bridgehead atoms. The number of halogens is 1. The van der Waals surface area contributed by atoms with Crippen LogP contribution >= 0.6 is 0 Å². The molecule has 23 heavy (non-hydrogen) atoms. The van der Waals surface area contributed by atoms with Crippen LogP contribution in [-0.4, -0.2) is 20.9 Å². The molecule has 0 amide bonds. The summed E-state index contributed by atoms with van der Waals surface area (Å²) in [5.41, 5.74) is 0.689.